The Balaban J connectivity index is 1.59. The minimum atomic E-state index is -0.547. The average Bonchev–Trinajstić information content (AvgIpc) is 2.79. The third kappa shape index (κ3) is 3.96. The molecule has 5 nitrogen and oxygen atoms in total. The van der Waals surface area contributed by atoms with Crippen LogP contribution < -0.4 is 15.2 Å². The number of nitrogens with two attached hydrogens (primary N) is 1. The molecule has 148 valence electrons. The van der Waals surface area contributed by atoms with Crippen molar-refractivity contribution in [3.8, 4) is 11.5 Å². The molecule has 0 aromatic heterocycles. The molecule has 4 rings (SSSR count). The van der Waals surface area contributed by atoms with Crippen LogP contribution in [0.1, 0.15) is 22.7 Å². The summed E-state index contributed by atoms with van der Waals surface area (Å²) in [6, 6.07) is 25.1. The molecule has 2 atom stereocenters. The molecule has 2 N–H and O–H groups in total. The largest absolute Gasteiger partial charge is 0.497 e. The van der Waals surface area contributed by atoms with E-state index in [1.54, 1.807) is 7.11 Å². The third-order valence-corrected chi connectivity index (χ3v) is 5.22. The number of para-hydroxylation sites is 1. The fraction of sp³-hybridized carbons (Fsp3) is 0.208. The van der Waals surface area contributed by atoms with E-state index in [9.17, 15) is 4.79 Å². The Kier molecular flexibility index (Phi) is 5.49. The number of β-lactam (4-membered cyclic amide) rings is 1. The van der Waals surface area contributed by atoms with Gasteiger partial charge in [-0.25, -0.2) is 0 Å². The maximum absolute atomic E-state index is 13.0. The van der Waals surface area contributed by atoms with Gasteiger partial charge < -0.3 is 20.1 Å². The van der Waals surface area contributed by atoms with Crippen LogP contribution >= 0.6 is 0 Å². The van der Waals surface area contributed by atoms with Crippen LogP contribution in [0.15, 0.2) is 78.9 Å². The van der Waals surface area contributed by atoms with Crippen molar-refractivity contribution in [1.29, 1.82) is 0 Å². The number of benzene rings is 3. The van der Waals surface area contributed by atoms with Crippen molar-refractivity contribution >= 4 is 5.91 Å². The second-order valence-electron chi connectivity index (χ2n) is 7.06. The van der Waals surface area contributed by atoms with Crippen molar-refractivity contribution < 1.29 is 14.3 Å². The van der Waals surface area contributed by atoms with Crippen molar-refractivity contribution in [2.45, 2.75) is 25.2 Å². The van der Waals surface area contributed by atoms with Crippen LogP contribution in [0.2, 0.25) is 0 Å². The van der Waals surface area contributed by atoms with Gasteiger partial charge in [-0.05, 0) is 41.0 Å². The topological polar surface area (TPSA) is 64.8 Å². The number of likely N-dealkylation sites (tertiary alicyclic amines) is 1. The smallest absolute Gasteiger partial charge is 0.267 e. The van der Waals surface area contributed by atoms with Crippen LogP contribution in [-0.4, -0.2) is 24.0 Å². The summed E-state index contributed by atoms with van der Waals surface area (Å²) in [5, 5.41) is 0. The maximum Gasteiger partial charge on any atom is 0.267 e. The van der Waals surface area contributed by atoms with Gasteiger partial charge in [0.1, 0.15) is 17.5 Å². The highest BCUT2D eigenvalue weighted by Crippen LogP contribution is 2.39. The Morgan fingerprint density at radius 3 is 2.14 bits per heavy atom. The molecule has 1 amide bonds. The van der Waals surface area contributed by atoms with Crippen LogP contribution in [0.4, 0.5) is 0 Å². The number of ether oxygens (including phenoxy) is 2. The molecule has 1 aliphatic rings. The number of hydrogen-bond acceptors (Lipinski definition) is 4. The van der Waals surface area contributed by atoms with Gasteiger partial charge in [-0.3, -0.25) is 4.79 Å². The van der Waals surface area contributed by atoms with Gasteiger partial charge in [0, 0.05) is 13.1 Å². The predicted molar refractivity (Wildman–Crippen MR) is 111 cm³/mol. The van der Waals surface area contributed by atoms with E-state index in [1.807, 2.05) is 83.8 Å². The van der Waals surface area contributed by atoms with E-state index in [2.05, 4.69) is 0 Å². The van der Waals surface area contributed by atoms with E-state index < -0.39 is 6.10 Å². The molecule has 3 aromatic carbocycles. The maximum atomic E-state index is 13.0. The first-order valence-corrected chi connectivity index (χ1v) is 9.63. The van der Waals surface area contributed by atoms with Crippen molar-refractivity contribution in [3.05, 3.63) is 95.6 Å². The third-order valence-electron chi connectivity index (χ3n) is 5.22. The van der Waals surface area contributed by atoms with Gasteiger partial charge in [-0.1, -0.05) is 54.6 Å². The number of nitrogens with zero attached hydrogens (tertiary/aromatic N) is 1. The van der Waals surface area contributed by atoms with Gasteiger partial charge in [-0.2, -0.15) is 0 Å². The quantitative estimate of drug-likeness (QED) is 0.627. The van der Waals surface area contributed by atoms with Gasteiger partial charge in [0.25, 0.3) is 5.91 Å². The van der Waals surface area contributed by atoms with E-state index in [0.29, 0.717) is 18.8 Å². The summed E-state index contributed by atoms with van der Waals surface area (Å²) in [4.78, 5) is 14.8. The summed E-state index contributed by atoms with van der Waals surface area (Å²) in [5.41, 5.74) is 8.83. The first-order chi connectivity index (χ1) is 14.2. The average molecular weight is 388 g/mol. The molecule has 0 saturated carbocycles. The predicted octanol–water partition coefficient (Wildman–Crippen LogP) is 3.69. The molecule has 0 unspecified atom stereocenters. The molecule has 1 saturated heterocycles. The number of carbonyl (C=O) groups is 1. The number of methoxy groups -OCH3 is 1. The normalized spacial score (nSPS) is 18.3. The monoisotopic (exact) mass is 388 g/mol. The number of amides is 1. The summed E-state index contributed by atoms with van der Waals surface area (Å²) in [7, 11) is 1.64. The molecule has 3 aromatic rings. The Morgan fingerprint density at radius 2 is 1.52 bits per heavy atom. The van der Waals surface area contributed by atoms with Crippen molar-refractivity contribution in [1.82, 2.24) is 4.90 Å². The molecule has 1 aliphatic heterocycles. The van der Waals surface area contributed by atoms with Crippen molar-refractivity contribution in [2.75, 3.05) is 7.11 Å². The Morgan fingerprint density at radius 1 is 0.862 bits per heavy atom. The second kappa shape index (κ2) is 8.37. The van der Waals surface area contributed by atoms with Gasteiger partial charge in [0.05, 0.1) is 7.11 Å². The molecule has 1 heterocycles. The van der Waals surface area contributed by atoms with E-state index in [0.717, 1.165) is 22.4 Å². The standard InChI is InChI=1S/C24H24N2O3/c1-28-20-13-11-19(12-14-20)22-23(29-21-5-3-2-4-6-21)24(27)26(22)16-18-9-7-17(15-25)8-10-18/h2-14,22-23H,15-16,25H2,1H3/t22-,23+/m1/s1. The minimum Gasteiger partial charge on any atom is -0.497 e. The van der Waals surface area contributed by atoms with Gasteiger partial charge in [0.2, 0.25) is 6.10 Å². The molecule has 0 radical (unpaired) electrons. The molecule has 29 heavy (non-hydrogen) atoms. The zero-order valence-electron chi connectivity index (χ0n) is 16.3. The molecule has 0 spiro atoms. The summed E-state index contributed by atoms with van der Waals surface area (Å²) in [5.74, 6) is 1.46. The van der Waals surface area contributed by atoms with E-state index in [1.165, 1.54) is 0 Å². The lowest BCUT2D eigenvalue weighted by Gasteiger charge is -2.47. The van der Waals surface area contributed by atoms with Crippen molar-refractivity contribution in [3.63, 3.8) is 0 Å². The van der Waals surface area contributed by atoms with Crippen LogP contribution in [-0.2, 0) is 17.9 Å². The van der Waals surface area contributed by atoms with Crippen molar-refractivity contribution in [2.24, 2.45) is 5.73 Å². The first kappa shape index (κ1) is 19.0. The lowest BCUT2D eigenvalue weighted by atomic mass is 9.89. The van der Waals surface area contributed by atoms with E-state index >= 15 is 0 Å². The zero-order valence-corrected chi connectivity index (χ0v) is 16.3. The zero-order chi connectivity index (χ0) is 20.2. The van der Waals surface area contributed by atoms with E-state index in [4.69, 9.17) is 15.2 Å². The van der Waals surface area contributed by atoms with Gasteiger partial charge in [-0.15, -0.1) is 0 Å². The fourth-order valence-corrected chi connectivity index (χ4v) is 3.59. The molecular weight excluding hydrogens is 364 g/mol. The SMILES string of the molecule is COc1ccc([C@@H]2[C@H](Oc3ccccc3)C(=O)N2Cc2ccc(CN)cc2)cc1. The van der Waals surface area contributed by atoms with E-state index in [-0.39, 0.29) is 11.9 Å². The molecule has 0 bridgehead atoms. The summed E-state index contributed by atoms with van der Waals surface area (Å²) in [6.45, 7) is 1.03. The molecule has 1 fully saturated rings. The lowest BCUT2D eigenvalue weighted by molar-refractivity contribution is -0.165. The molecule has 0 aliphatic carbocycles. The first-order valence-electron chi connectivity index (χ1n) is 9.63. The highest BCUT2D eigenvalue weighted by Gasteiger charge is 2.50. The fourth-order valence-electron chi connectivity index (χ4n) is 3.59. The number of hydrogen-bond donors (Lipinski definition) is 1. The van der Waals surface area contributed by atoms with Crippen LogP contribution in [0.3, 0.4) is 0 Å². The van der Waals surface area contributed by atoms with Crippen LogP contribution in [0.25, 0.3) is 0 Å². The number of carbonyl (C=O) groups excluding carboxylic acids is 1. The van der Waals surface area contributed by atoms with Gasteiger partial charge >= 0.3 is 0 Å². The van der Waals surface area contributed by atoms with Crippen LogP contribution in [0.5, 0.6) is 11.5 Å². The molecule has 5 heteroatoms. The minimum absolute atomic E-state index is 0.0161. The Labute approximate surface area is 170 Å². The summed E-state index contributed by atoms with van der Waals surface area (Å²) >= 11 is 0. The highest BCUT2D eigenvalue weighted by molar-refractivity contribution is 5.89. The van der Waals surface area contributed by atoms with Crippen LogP contribution in [0, 0.1) is 0 Å². The molecular formula is C24H24N2O3. The summed E-state index contributed by atoms with van der Waals surface area (Å²) < 4.78 is 11.3. The summed E-state index contributed by atoms with van der Waals surface area (Å²) in [6.07, 6.45) is -0.547. The lowest BCUT2D eigenvalue weighted by Crippen LogP contribution is -2.60. The Hall–Kier alpha value is -3.31. The van der Waals surface area contributed by atoms with Gasteiger partial charge in [0.15, 0.2) is 0 Å². The second-order valence-corrected chi connectivity index (χ2v) is 7.06. The number of rotatable bonds is 7. The Bertz CT molecular complexity index is 956. The highest BCUT2D eigenvalue weighted by atomic mass is 16.5.